The molecule has 0 saturated carbocycles. The Balaban J connectivity index is 1.95. The number of carbonyl (C=O) groups is 2. The van der Waals surface area contributed by atoms with E-state index in [0.717, 1.165) is 11.1 Å². The summed E-state index contributed by atoms with van der Waals surface area (Å²) in [4.78, 5) is 25.9. The fourth-order valence-electron chi connectivity index (χ4n) is 2.80. The van der Waals surface area contributed by atoms with Crippen LogP contribution in [-0.4, -0.2) is 11.8 Å². The van der Waals surface area contributed by atoms with Gasteiger partial charge in [-0.15, -0.1) is 0 Å². The summed E-state index contributed by atoms with van der Waals surface area (Å²) in [5.41, 5.74) is 3.23. The van der Waals surface area contributed by atoms with Gasteiger partial charge in [-0.1, -0.05) is 48.5 Å². The third-order valence-electron chi connectivity index (χ3n) is 4.44. The van der Waals surface area contributed by atoms with Crippen LogP contribution in [0.2, 0.25) is 0 Å². The first-order valence-corrected chi connectivity index (χ1v) is 9.15. The van der Waals surface area contributed by atoms with Gasteiger partial charge in [0, 0.05) is 11.4 Å². The molecule has 2 amide bonds. The molecule has 0 fully saturated rings. The summed E-state index contributed by atoms with van der Waals surface area (Å²) in [6.45, 7) is 3.72. The van der Waals surface area contributed by atoms with Crippen LogP contribution in [0.3, 0.4) is 0 Å². The maximum absolute atomic E-state index is 13.6. The topological polar surface area (TPSA) is 58.2 Å². The summed E-state index contributed by atoms with van der Waals surface area (Å²) in [7, 11) is 0. The van der Waals surface area contributed by atoms with Crippen LogP contribution in [0.15, 0.2) is 78.4 Å². The van der Waals surface area contributed by atoms with Crippen LogP contribution in [0, 0.1) is 19.7 Å². The zero-order valence-corrected chi connectivity index (χ0v) is 16.2. The van der Waals surface area contributed by atoms with Gasteiger partial charge in [0.25, 0.3) is 11.8 Å². The molecule has 0 saturated heterocycles. The minimum atomic E-state index is -0.574. The number of nitrogens with one attached hydrogen (secondary N) is 2. The van der Waals surface area contributed by atoms with Crippen molar-refractivity contribution in [2.75, 3.05) is 10.6 Å². The molecule has 3 aromatic carbocycles. The summed E-state index contributed by atoms with van der Waals surface area (Å²) in [5.74, 6) is -1.60. The normalized spacial score (nSPS) is 10.2. The first kappa shape index (κ1) is 20.0. The number of hydrogen-bond acceptors (Lipinski definition) is 2. The summed E-state index contributed by atoms with van der Waals surface area (Å²) in [6, 6.07) is 20.3. The first-order valence-electron chi connectivity index (χ1n) is 9.15. The van der Waals surface area contributed by atoms with Gasteiger partial charge in [0.1, 0.15) is 11.4 Å². The standard InChI is InChI=1S/C24H21FN2O2/c1-16-8-3-5-12-21(16)26-23(28)20(15-18-10-7-11-19(25)14-18)24(29)27-22-13-6-4-9-17(22)2/h3-15H,1-2H3,(H,26,28)(H,27,29). The Morgan fingerprint density at radius 1 is 0.759 bits per heavy atom. The Hall–Kier alpha value is -3.73. The van der Waals surface area contributed by atoms with Gasteiger partial charge >= 0.3 is 0 Å². The average molecular weight is 388 g/mol. The molecule has 4 nitrogen and oxygen atoms in total. The molecule has 0 spiro atoms. The van der Waals surface area contributed by atoms with Gasteiger partial charge in [-0.2, -0.15) is 0 Å². The van der Waals surface area contributed by atoms with Gasteiger partial charge in [0.15, 0.2) is 0 Å². The van der Waals surface area contributed by atoms with Crippen LogP contribution in [0.25, 0.3) is 6.08 Å². The van der Waals surface area contributed by atoms with E-state index in [1.807, 2.05) is 38.1 Å². The molecule has 3 aromatic rings. The van der Waals surface area contributed by atoms with E-state index in [9.17, 15) is 14.0 Å². The van der Waals surface area contributed by atoms with Crippen LogP contribution in [0.5, 0.6) is 0 Å². The lowest BCUT2D eigenvalue weighted by atomic mass is 10.1. The summed E-state index contributed by atoms with van der Waals surface area (Å²) >= 11 is 0. The largest absolute Gasteiger partial charge is 0.322 e. The van der Waals surface area contributed by atoms with Crippen molar-refractivity contribution in [3.8, 4) is 0 Å². The van der Waals surface area contributed by atoms with Crippen molar-refractivity contribution in [1.29, 1.82) is 0 Å². The van der Waals surface area contributed by atoms with Gasteiger partial charge < -0.3 is 10.6 Å². The third kappa shape index (κ3) is 5.17. The minimum Gasteiger partial charge on any atom is -0.322 e. The van der Waals surface area contributed by atoms with E-state index in [1.165, 1.54) is 24.3 Å². The monoisotopic (exact) mass is 388 g/mol. The highest BCUT2D eigenvalue weighted by Gasteiger charge is 2.20. The van der Waals surface area contributed by atoms with Gasteiger partial charge in [-0.25, -0.2) is 4.39 Å². The molecule has 0 bridgehead atoms. The Morgan fingerprint density at radius 3 is 1.76 bits per heavy atom. The van der Waals surface area contributed by atoms with E-state index in [2.05, 4.69) is 10.6 Å². The van der Waals surface area contributed by atoms with Crippen LogP contribution in [0.4, 0.5) is 15.8 Å². The van der Waals surface area contributed by atoms with E-state index in [0.29, 0.717) is 16.9 Å². The highest BCUT2D eigenvalue weighted by Crippen LogP contribution is 2.19. The van der Waals surface area contributed by atoms with Gasteiger partial charge in [0.05, 0.1) is 0 Å². The second-order valence-electron chi connectivity index (χ2n) is 6.65. The molecule has 0 aliphatic carbocycles. The van der Waals surface area contributed by atoms with Crippen LogP contribution in [0.1, 0.15) is 16.7 Å². The number of carbonyl (C=O) groups excluding carboxylic acids is 2. The SMILES string of the molecule is Cc1ccccc1NC(=O)C(=Cc1cccc(F)c1)C(=O)Nc1ccccc1C. The molecule has 0 aliphatic rings. The van der Waals surface area contributed by atoms with Gasteiger partial charge in [0.2, 0.25) is 0 Å². The van der Waals surface area contributed by atoms with Crippen molar-refractivity contribution >= 4 is 29.3 Å². The Bertz CT molecular complexity index is 1030. The predicted molar refractivity (Wildman–Crippen MR) is 114 cm³/mol. The fraction of sp³-hybridized carbons (Fsp3) is 0.0833. The van der Waals surface area contributed by atoms with Crippen molar-refractivity contribution in [2.45, 2.75) is 13.8 Å². The van der Waals surface area contributed by atoms with Crippen molar-refractivity contribution in [1.82, 2.24) is 0 Å². The Labute approximate surface area is 169 Å². The van der Waals surface area contributed by atoms with Crippen molar-refractivity contribution in [3.05, 3.63) is 101 Å². The number of anilines is 2. The van der Waals surface area contributed by atoms with E-state index >= 15 is 0 Å². The minimum absolute atomic E-state index is 0.123. The molecule has 29 heavy (non-hydrogen) atoms. The highest BCUT2D eigenvalue weighted by molar-refractivity contribution is 6.29. The number of aryl methyl sites for hydroxylation is 2. The van der Waals surface area contributed by atoms with Gasteiger partial charge in [-0.05, 0) is 60.9 Å². The first-order chi connectivity index (χ1) is 13.9. The molecular weight excluding hydrogens is 367 g/mol. The molecule has 2 N–H and O–H groups in total. The van der Waals surface area contributed by atoms with Crippen molar-refractivity contribution in [2.24, 2.45) is 0 Å². The quantitative estimate of drug-likeness (QED) is 0.363. The van der Waals surface area contributed by atoms with Gasteiger partial charge in [-0.3, -0.25) is 9.59 Å². The van der Waals surface area contributed by atoms with Crippen LogP contribution < -0.4 is 10.6 Å². The fourth-order valence-corrected chi connectivity index (χ4v) is 2.80. The van der Waals surface area contributed by atoms with E-state index in [1.54, 1.807) is 30.3 Å². The van der Waals surface area contributed by atoms with Crippen LogP contribution in [-0.2, 0) is 9.59 Å². The molecule has 0 heterocycles. The maximum Gasteiger partial charge on any atom is 0.261 e. The van der Waals surface area contributed by atoms with Crippen molar-refractivity contribution in [3.63, 3.8) is 0 Å². The molecular formula is C24H21FN2O2. The molecule has 146 valence electrons. The molecule has 0 aliphatic heterocycles. The lowest BCUT2D eigenvalue weighted by Crippen LogP contribution is -2.25. The molecule has 0 atom stereocenters. The van der Waals surface area contributed by atoms with E-state index in [4.69, 9.17) is 0 Å². The van der Waals surface area contributed by atoms with E-state index in [-0.39, 0.29) is 5.57 Å². The molecule has 5 heteroatoms. The molecule has 0 aromatic heterocycles. The number of halogens is 1. The zero-order valence-electron chi connectivity index (χ0n) is 16.2. The average Bonchev–Trinajstić information content (AvgIpc) is 2.69. The summed E-state index contributed by atoms with van der Waals surface area (Å²) in [6.07, 6.45) is 1.38. The second kappa shape index (κ2) is 8.97. The highest BCUT2D eigenvalue weighted by atomic mass is 19.1. The Kier molecular flexibility index (Phi) is 6.19. The number of para-hydroxylation sites is 2. The lowest BCUT2D eigenvalue weighted by Gasteiger charge is -2.13. The number of amides is 2. The van der Waals surface area contributed by atoms with E-state index < -0.39 is 17.6 Å². The number of benzene rings is 3. The number of hydrogen-bond donors (Lipinski definition) is 2. The maximum atomic E-state index is 13.6. The summed E-state index contributed by atoms with van der Waals surface area (Å²) < 4.78 is 13.6. The third-order valence-corrected chi connectivity index (χ3v) is 4.44. The lowest BCUT2D eigenvalue weighted by molar-refractivity contribution is -0.118. The Morgan fingerprint density at radius 2 is 1.28 bits per heavy atom. The predicted octanol–water partition coefficient (Wildman–Crippen LogP) is 5.10. The number of rotatable bonds is 5. The van der Waals surface area contributed by atoms with Crippen LogP contribution >= 0.6 is 0 Å². The smallest absolute Gasteiger partial charge is 0.261 e. The molecule has 3 rings (SSSR count). The molecule has 0 radical (unpaired) electrons. The van der Waals surface area contributed by atoms with Crippen molar-refractivity contribution < 1.29 is 14.0 Å². The molecule has 0 unspecified atom stereocenters. The zero-order chi connectivity index (χ0) is 20.8. The summed E-state index contributed by atoms with van der Waals surface area (Å²) in [5, 5.41) is 5.53. The second-order valence-corrected chi connectivity index (χ2v) is 6.65.